The van der Waals surface area contributed by atoms with E-state index < -0.39 is 0 Å². The summed E-state index contributed by atoms with van der Waals surface area (Å²) in [6.07, 6.45) is 0. The number of hydrogen-bond donors (Lipinski definition) is 2. The van der Waals surface area contributed by atoms with Crippen molar-refractivity contribution in [3.05, 3.63) is 94.0 Å². The number of hydrogen-bond acceptors (Lipinski definition) is 2. The van der Waals surface area contributed by atoms with Crippen molar-refractivity contribution in [1.82, 2.24) is 0 Å². The van der Waals surface area contributed by atoms with E-state index in [1.165, 1.54) is 22.3 Å². The summed E-state index contributed by atoms with van der Waals surface area (Å²) in [5, 5.41) is 19.7. The minimum atomic E-state index is -0.156. The Morgan fingerprint density at radius 1 is 0.500 bits per heavy atom. The summed E-state index contributed by atoms with van der Waals surface area (Å²) in [5.41, 5.74) is 6.31. The van der Waals surface area contributed by atoms with Gasteiger partial charge in [-0.05, 0) is 59.4 Å². The van der Waals surface area contributed by atoms with E-state index in [4.69, 9.17) is 0 Å². The fourth-order valence-corrected chi connectivity index (χ4v) is 3.73. The molecular weight excluding hydrogens is 344 g/mol. The molecule has 0 bridgehead atoms. The fourth-order valence-electron chi connectivity index (χ4n) is 3.73. The van der Waals surface area contributed by atoms with Gasteiger partial charge in [0.2, 0.25) is 0 Å². The van der Waals surface area contributed by atoms with Crippen molar-refractivity contribution in [1.29, 1.82) is 0 Å². The fraction of sp³-hybridized carbons (Fsp3) is 0.308. The van der Waals surface area contributed by atoms with Crippen LogP contribution in [0.15, 0.2) is 60.7 Å². The molecule has 3 aromatic carbocycles. The molecule has 3 aromatic rings. The second-order valence-corrected chi connectivity index (χ2v) is 8.83. The lowest BCUT2D eigenvalue weighted by atomic mass is 9.74. The molecule has 0 aliphatic rings. The van der Waals surface area contributed by atoms with Crippen LogP contribution in [-0.4, -0.2) is 10.2 Å². The van der Waals surface area contributed by atoms with Gasteiger partial charge in [0.05, 0.1) is 0 Å². The maximum absolute atomic E-state index is 9.84. The summed E-state index contributed by atoms with van der Waals surface area (Å²) in [7, 11) is 0. The monoisotopic (exact) mass is 374 g/mol. The minimum Gasteiger partial charge on any atom is -0.508 e. The molecule has 0 saturated carbocycles. The van der Waals surface area contributed by atoms with E-state index in [2.05, 4.69) is 64.1 Å². The molecule has 0 radical (unpaired) electrons. The molecule has 0 spiro atoms. The molecule has 2 nitrogen and oxygen atoms in total. The highest BCUT2D eigenvalue weighted by Crippen LogP contribution is 2.37. The number of rotatable bonds is 4. The minimum absolute atomic E-state index is 0.156. The van der Waals surface area contributed by atoms with Gasteiger partial charge in [0.1, 0.15) is 11.5 Å². The Hall–Kier alpha value is -2.74. The lowest BCUT2D eigenvalue weighted by Gasteiger charge is -2.30. The quantitative estimate of drug-likeness (QED) is 0.557. The normalized spacial score (nSPS) is 12.2. The van der Waals surface area contributed by atoms with E-state index >= 15 is 0 Å². The van der Waals surface area contributed by atoms with E-state index in [1.807, 2.05) is 26.0 Å². The van der Waals surface area contributed by atoms with Crippen LogP contribution in [0.25, 0.3) is 0 Å². The van der Waals surface area contributed by atoms with Gasteiger partial charge < -0.3 is 10.2 Å². The summed E-state index contributed by atoms with van der Waals surface area (Å²) in [6.45, 7) is 12.7. The van der Waals surface area contributed by atoms with Gasteiger partial charge in [-0.15, -0.1) is 0 Å². The Labute approximate surface area is 168 Å². The van der Waals surface area contributed by atoms with E-state index in [1.54, 1.807) is 12.1 Å². The van der Waals surface area contributed by atoms with Crippen LogP contribution in [0.5, 0.6) is 11.5 Å². The van der Waals surface area contributed by atoms with Crippen LogP contribution in [0.3, 0.4) is 0 Å². The molecule has 0 fully saturated rings. The van der Waals surface area contributed by atoms with Crippen molar-refractivity contribution in [2.45, 2.75) is 52.4 Å². The van der Waals surface area contributed by atoms with Crippen LogP contribution in [0.1, 0.15) is 61.1 Å². The molecule has 2 N–H and O–H groups in total. The number of aromatic hydroxyl groups is 2. The van der Waals surface area contributed by atoms with Crippen LogP contribution in [0.2, 0.25) is 0 Å². The lowest BCUT2D eigenvalue weighted by molar-refractivity contribution is 0.469. The summed E-state index contributed by atoms with van der Waals surface area (Å²) in [5.74, 6) is 0.668. The average molecular weight is 375 g/mol. The van der Waals surface area contributed by atoms with Gasteiger partial charge >= 0.3 is 0 Å². The van der Waals surface area contributed by atoms with Crippen LogP contribution in [-0.2, 0) is 10.8 Å². The highest BCUT2D eigenvalue weighted by molar-refractivity contribution is 5.47. The maximum Gasteiger partial charge on any atom is 0.118 e. The Kier molecular flexibility index (Phi) is 5.01. The first-order chi connectivity index (χ1) is 13.0. The summed E-state index contributed by atoms with van der Waals surface area (Å²) in [4.78, 5) is 0. The summed E-state index contributed by atoms with van der Waals surface area (Å²) >= 11 is 0. The first-order valence-corrected chi connectivity index (χ1v) is 9.74. The van der Waals surface area contributed by atoms with Crippen molar-refractivity contribution in [2.24, 2.45) is 0 Å². The highest BCUT2D eigenvalue weighted by Gasteiger charge is 2.27. The van der Waals surface area contributed by atoms with Crippen molar-refractivity contribution in [2.75, 3.05) is 0 Å². The zero-order valence-corrected chi connectivity index (χ0v) is 17.7. The zero-order chi connectivity index (χ0) is 20.7. The van der Waals surface area contributed by atoms with Crippen LogP contribution < -0.4 is 0 Å². The van der Waals surface area contributed by atoms with Crippen LogP contribution in [0.4, 0.5) is 0 Å². The molecule has 146 valence electrons. The van der Waals surface area contributed by atoms with E-state index in [-0.39, 0.29) is 10.8 Å². The van der Waals surface area contributed by atoms with Crippen LogP contribution in [0, 0.1) is 13.8 Å². The third-order valence-corrected chi connectivity index (χ3v) is 6.17. The Balaban J connectivity index is 1.95. The molecule has 0 amide bonds. The third-order valence-electron chi connectivity index (χ3n) is 6.17. The van der Waals surface area contributed by atoms with Gasteiger partial charge in [0.25, 0.3) is 0 Å². The molecule has 28 heavy (non-hydrogen) atoms. The second kappa shape index (κ2) is 7.01. The second-order valence-electron chi connectivity index (χ2n) is 8.83. The predicted octanol–water partition coefficient (Wildman–Crippen LogP) is 6.37. The molecule has 2 heteroatoms. The first-order valence-electron chi connectivity index (χ1n) is 9.74. The van der Waals surface area contributed by atoms with Crippen molar-refractivity contribution >= 4 is 0 Å². The smallest absolute Gasteiger partial charge is 0.118 e. The molecule has 0 unspecified atom stereocenters. The molecule has 0 aliphatic carbocycles. The van der Waals surface area contributed by atoms with Crippen LogP contribution >= 0.6 is 0 Å². The first kappa shape index (κ1) is 20.0. The van der Waals surface area contributed by atoms with E-state index in [0.717, 1.165) is 11.1 Å². The van der Waals surface area contributed by atoms with Gasteiger partial charge in [-0.25, -0.2) is 0 Å². The molecule has 0 aromatic heterocycles. The van der Waals surface area contributed by atoms with Crippen molar-refractivity contribution < 1.29 is 10.2 Å². The van der Waals surface area contributed by atoms with Crippen molar-refractivity contribution in [3.63, 3.8) is 0 Å². The van der Waals surface area contributed by atoms with Gasteiger partial charge in [0.15, 0.2) is 0 Å². The maximum atomic E-state index is 9.84. The van der Waals surface area contributed by atoms with Crippen molar-refractivity contribution in [3.8, 4) is 11.5 Å². The Morgan fingerprint density at radius 2 is 0.786 bits per heavy atom. The van der Waals surface area contributed by atoms with E-state index in [9.17, 15) is 10.2 Å². The lowest BCUT2D eigenvalue weighted by Crippen LogP contribution is -2.21. The largest absolute Gasteiger partial charge is 0.508 e. The number of benzene rings is 3. The summed E-state index contributed by atoms with van der Waals surface area (Å²) in [6, 6.07) is 20.5. The molecule has 3 rings (SSSR count). The average Bonchev–Trinajstić information content (AvgIpc) is 2.66. The Morgan fingerprint density at radius 3 is 1.07 bits per heavy atom. The molecule has 0 saturated heterocycles. The van der Waals surface area contributed by atoms with Gasteiger partial charge in [0, 0.05) is 10.8 Å². The molecule has 0 heterocycles. The molecular formula is C26H30O2. The van der Waals surface area contributed by atoms with Gasteiger partial charge in [-0.2, -0.15) is 0 Å². The number of aryl methyl sites for hydroxylation is 2. The highest BCUT2D eigenvalue weighted by atomic mass is 16.3. The predicted molar refractivity (Wildman–Crippen MR) is 116 cm³/mol. The standard InChI is InChI=1S/C26H30O2/c1-17-15-21(11-13-23(17)27)25(3,4)19-7-9-20(10-8-19)26(5,6)22-12-14-24(28)18(2)16-22/h7-16,27-28H,1-6H3. The van der Waals surface area contributed by atoms with Gasteiger partial charge in [-0.3, -0.25) is 0 Å². The number of phenols is 2. The zero-order valence-electron chi connectivity index (χ0n) is 17.7. The van der Waals surface area contributed by atoms with Gasteiger partial charge in [-0.1, -0.05) is 76.2 Å². The third kappa shape index (κ3) is 3.52. The molecule has 0 aliphatic heterocycles. The number of phenolic OH excluding ortho intramolecular Hbond substituents is 2. The summed E-state index contributed by atoms with van der Waals surface area (Å²) < 4.78 is 0. The SMILES string of the molecule is Cc1cc(C(C)(C)c2ccc(C(C)(C)c3ccc(O)c(C)c3)cc2)ccc1O. The topological polar surface area (TPSA) is 40.5 Å². The van der Waals surface area contributed by atoms with E-state index in [0.29, 0.717) is 11.5 Å². The molecule has 0 atom stereocenters. The Bertz CT molecular complexity index is 913.